The van der Waals surface area contributed by atoms with Crippen LogP contribution < -0.4 is 5.73 Å². The van der Waals surface area contributed by atoms with E-state index in [1.807, 2.05) is 0 Å². The van der Waals surface area contributed by atoms with Crippen LogP contribution >= 0.6 is 0 Å². The maximum Gasteiger partial charge on any atom is 0.389 e. The molecule has 0 amide bonds. The highest BCUT2D eigenvalue weighted by Gasteiger charge is 2.27. The Morgan fingerprint density at radius 3 is 2.60 bits per heavy atom. The van der Waals surface area contributed by atoms with E-state index >= 15 is 0 Å². The molecule has 0 radical (unpaired) electrons. The summed E-state index contributed by atoms with van der Waals surface area (Å²) in [6.45, 7) is 0. The van der Waals surface area contributed by atoms with Crippen LogP contribution in [-0.2, 0) is 6.42 Å². The molecule has 0 aliphatic carbocycles. The lowest BCUT2D eigenvalue weighted by atomic mass is 10.2. The van der Waals surface area contributed by atoms with Crippen molar-refractivity contribution in [2.45, 2.75) is 19.0 Å². The Balaban J connectivity index is 2.73. The van der Waals surface area contributed by atoms with Gasteiger partial charge < -0.3 is 5.73 Å². The summed E-state index contributed by atoms with van der Waals surface area (Å²) in [5, 5.41) is 8.48. The number of nitrogens with zero attached hydrogens (tertiary/aromatic N) is 3. The van der Waals surface area contributed by atoms with Gasteiger partial charge in [-0.3, -0.25) is 0 Å². The second-order valence-corrected chi connectivity index (χ2v) is 2.81. The normalized spacial score (nSPS) is 11.1. The molecule has 4 nitrogen and oxygen atoms in total. The highest BCUT2D eigenvalue weighted by atomic mass is 19.4. The third kappa shape index (κ3) is 3.42. The fourth-order valence-corrected chi connectivity index (χ4v) is 0.893. The topological polar surface area (TPSA) is 75.6 Å². The number of hydrogen-bond acceptors (Lipinski definition) is 4. The number of anilines is 1. The molecule has 0 aromatic carbocycles. The molecule has 0 saturated carbocycles. The minimum Gasteiger partial charge on any atom is -0.382 e. The molecule has 0 spiro atoms. The summed E-state index contributed by atoms with van der Waals surface area (Å²) in [5.74, 6) is -0.103. The van der Waals surface area contributed by atoms with Crippen molar-refractivity contribution in [3.63, 3.8) is 0 Å². The molecule has 7 heteroatoms. The van der Waals surface area contributed by atoms with Crippen LogP contribution in [0.25, 0.3) is 0 Å². The maximum absolute atomic E-state index is 11.8. The fraction of sp³-hybridized carbons (Fsp3) is 0.375. The van der Waals surface area contributed by atoms with Gasteiger partial charge in [-0.15, -0.1) is 0 Å². The SMILES string of the molecule is N#Cc1cnc(CCC(F)(F)F)nc1N. The van der Waals surface area contributed by atoms with E-state index in [-0.39, 0.29) is 23.6 Å². The van der Waals surface area contributed by atoms with Gasteiger partial charge in [0, 0.05) is 6.42 Å². The number of aryl methyl sites for hydroxylation is 1. The Morgan fingerprint density at radius 1 is 1.47 bits per heavy atom. The number of nitrogen functional groups attached to an aromatic ring is 1. The minimum atomic E-state index is -4.24. The Hall–Kier alpha value is -1.84. The molecule has 0 unspecified atom stereocenters. The van der Waals surface area contributed by atoms with Gasteiger partial charge in [0.25, 0.3) is 0 Å². The highest BCUT2D eigenvalue weighted by Crippen LogP contribution is 2.21. The van der Waals surface area contributed by atoms with Crippen molar-refractivity contribution in [2.75, 3.05) is 5.73 Å². The molecule has 1 rings (SSSR count). The molecule has 0 atom stereocenters. The van der Waals surface area contributed by atoms with E-state index in [4.69, 9.17) is 11.0 Å². The van der Waals surface area contributed by atoms with Crippen molar-refractivity contribution in [1.29, 1.82) is 5.26 Å². The molecule has 80 valence electrons. The van der Waals surface area contributed by atoms with Gasteiger partial charge in [-0.25, -0.2) is 9.97 Å². The zero-order chi connectivity index (χ0) is 11.5. The Kier molecular flexibility index (Phi) is 3.09. The standard InChI is InChI=1S/C8H7F3N4/c9-8(10,11)2-1-6-14-4-5(3-12)7(13)15-6/h4H,1-2H2,(H2,13,14,15). The molecule has 1 heterocycles. The van der Waals surface area contributed by atoms with Gasteiger partial charge in [0.05, 0.1) is 12.6 Å². The van der Waals surface area contributed by atoms with Crippen LogP contribution in [0.2, 0.25) is 0 Å². The third-order valence-electron chi connectivity index (χ3n) is 1.62. The largest absolute Gasteiger partial charge is 0.389 e. The van der Waals surface area contributed by atoms with Crippen LogP contribution in [0.3, 0.4) is 0 Å². The highest BCUT2D eigenvalue weighted by molar-refractivity contribution is 5.46. The van der Waals surface area contributed by atoms with E-state index in [1.54, 1.807) is 6.07 Å². The fourth-order valence-electron chi connectivity index (χ4n) is 0.893. The predicted octanol–water partition coefficient (Wildman–Crippen LogP) is 1.43. The van der Waals surface area contributed by atoms with Gasteiger partial charge in [-0.2, -0.15) is 18.4 Å². The van der Waals surface area contributed by atoms with Gasteiger partial charge in [-0.1, -0.05) is 0 Å². The average molecular weight is 216 g/mol. The van der Waals surface area contributed by atoms with Gasteiger partial charge in [0.1, 0.15) is 23.3 Å². The van der Waals surface area contributed by atoms with E-state index in [0.717, 1.165) is 6.20 Å². The first-order valence-electron chi connectivity index (χ1n) is 4.00. The molecular weight excluding hydrogens is 209 g/mol. The first-order valence-corrected chi connectivity index (χ1v) is 4.00. The summed E-state index contributed by atoms with van der Waals surface area (Å²) >= 11 is 0. The van der Waals surface area contributed by atoms with Crippen LogP contribution in [0.5, 0.6) is 0 Å². The van der Waals surface area contributed by atoms with Crippen LogP contribution in [0.15, 0.2) is 6.20 Å². The summed E-state index contributed by atoms with van der Waals surface area (Å²) in [6.07, 6.45) is -4.46. The van der Waals surface area contributed by atoms with E-state index < -0.39 is 12.6 Å². The molecule has 0 saturated heterocycles. The number of nitriles is 1. The molecule has 0 aliphatic heterocycles. The molecule has 0 bridgehead atoms. The lowest BCUT2D eigenvalue weighted by Crippen LogP contribution is -2.11. The van der Waals surface area contributed by atoms with Crippen molar-refractivity contribution < 1.29 is 13.2 Å². The summed E-state index contributed by atoms with van der Waals surface area (Å²) in [7, 11) is 0. The Labute approximate surface area is 83.6 Å². The van der Waals surface area contributed by atoms with E-state index in [9.17, 15) is 13.2 Å². The van der Waals surface area contributed by atoms with Gasteiger partial charge >= 0.3 is 6.18 Å². The Bertz CT molecular complexity index is 394. The second-order valence-electron chi connectivity index (χ2n) is 2.81. The van der Waals surface area contributed by atoms with Crippen molar-refractivity contribution >= 4 is 5.82 Å². The smallest absolute Gasteiger partial charge is 0.382 e. The van der Waals surface area contributed by atoms with Gasteiger partial charge in [-0.05, 0) is 0 Å². The summed E-state index contributed by atoms with van der Waals surface area (Å²) in [6, 6.07) is 1.72. The third-order valence-corrected chi connectivity index (χ3v) is 1.62. The first kappa shape index (κ1) is 11.2. The number of nitrogens with two attached hydrogens (primary N) is 1. The number of rotatable bonds is 2. The second kappa shape index (κ2) is 4.13. The van der Waals surface area contributed by atoms with Crippen molar-refractivity contribution in [1.82, 2.24) is 9.97 Å². The van der Waals surface area contributed by atoms with Gasteiger partial charge in [0.15, 0.2) is 0 Å². The number of alkyl halides is 3. The summed E-state index contributed by atoms with van der Waals surface area (Å²) < 4.78 is 35.5. The molecule has 1 aromatic rings. The lowest BCUT2D eigenvalue weighted by Gasteiger charge is -2.05. The van der Waals surface area contributed by atoms with E-state index in [0.29, 0.717) is 0 Å². The first-order chi connectivity index (χ1) is 6.92. The quantitative estimate of drug-likeness (QED) is 0.811. The molecular formula is C8H7F3N4. The Morgan fingerprint density at radius 2 is 2.13 bits per heavy atom. The average Bonchev–Trinajstić information content (AvgIpc) is 2.14. The number of halogens is 3. The van der Waals surface area contributed by atoms with Crippen molar-refractivity contribution in [3.8, 4) is 6.07 Å². The zero-order valence-corrected chi connectivity index (χ0v) is 7.54. The molecule has 15 heavy (non-hydrogen) atoms. The minimum absolute atomic E-state index is 0.0103. The van der Waals surface area contributed by atoms with Crippen LogP contribution in [0.4, 0.5) is 19.0 Å². The molecule has 1 aromatic heterocycles. The maximum atomic E-state index is 11.8. The predicted molar refractivity (Wildman–Crippen MR) is 45.5 cm³/mol. The van der Waals surface area contributed by atoms with E-state index in [1.165, 1.54) is 0 Å². The number of aromatic nitrogens is 2. The number of hydrogen-bond donors (Lipinski definition) is 1. The lowest BCUT2D eigenvalue weighted by molar-refractivity contribution is -0.134. The summed E-state index contributed by atoms with van der Waals surface area (Å²) in [5.41, 5.74) is 5.38. The molecule has 0 aliphatic rings. The van der Waals surface area contributed by atoms with Crippen LogP contribution in [0, 0.1) is 11.3 Å². The zero-order valence-electron chi connectivity index (χ0n) is 7.54. The van der Waals surface area contributed by atoms with Crippen LogP contribution in [0.1, 0.15) is 17.8 Å². The molecule has 2 N–H and O–H groups in total. The van der Waals surface area contributed by atoms with E-state index in [2.05, 4.69) is 9.97 Å². The summed E-state index contributed by atoms with van der Waals surface area (Å²) in [4.78, 5) is 7.19. The van der Waals surface area contributed by atoms with Crippen LogP contribution in [-0.4, -0.2) is 16.1 Å². The monoisotopic (exact) mass is 216 g/mol. The van der Waals surface area contributed by atoms with Crippen molar-refractivity contribution in [2.24, 2.45) is 0 Å². The van der Waals surface area contributed by atoms with Gasteiger partial charge in [0.2, 0.25) is 0 Å². The van der Waals surface area contributed by atoms with Crippen molar-refractivity contribution in [3.05, 3.63) is 17.6 Å². The molecule has 0 fully saturated rings.